The minimum absolute atomic E-state index is 0.147. The summed E-state index contributed by atoms with van der Waals surface area (Å²) in [5.74, 6) is 0.212. The highest BCUT2D eigenvalue weighted by Gasteiger charge is 2.29. The van der Waals surface area contributed by atoms with E-state index >= 15 is 0 Å². The molecule has 2 N–H and O–H groups in total. The van der Waals surface area contributed by atoms with Crippen LogP contribution in [0.15, 0.2) is 53.3 Å². The lowest BCUT2D eigenvalue weighted by atomic mass is 10.1. The number of nitrogens with zero attached hydrogens (tertiary/aromatic N) is 1. The van der Waals surface area contributed by atoms with Crippen LogP contribution in [-0.2, 0) is 23.8 Å². The second kappa shape index (κ2) is 8.24. The maximum atomic E-state index is 12.5. The van der Waals surface area contributed by atoms with Crippen molar-refractivity contribution in [1.29, 1.82) is 0 Å². The van der Waals surface area contributed by atoms with Crippen molar-refractivity contribution in [2.75, 3.05) is 6.54 Å². The van der Waals surface area contributed by atoms with Crippen molar-refractivity contribution in [3.05, 3.63) is 75.8 Å². The van der Waals surface area contributed by atoms with Gasteiger partial charge in [-0.2, -0.15) is 13.2 Å². The molecule has 1 heterocycles. The molecule has 3 rings (SSSR count). The number of benzene rings is 2. The molecule has 0 fully saturated rings. The van der Waals surface area contributed by atoms with Gasteiger partial charge in [0.1, 0.15) is 5.82 Å². The third-order valence-corrected chi connectivity index (χ3v) is 4.27. The molecule has 0 aliphatic carbocycles. The van der Waals surface area contributed by atoms with Gasteiger partial charge in [0, 0.05) is 19.4 Å². The van der Waals surface area contributed by atoms with Crippen LogP contribution in [0.25, 0.3) is 10.9 Å². The quantitative estimate of drug-likeness (QED) is 0.680. The van der Waals surface area contributed by atoms with Gasteiger partial charge in [0.15, 0.2) is 0 Å². The summed E-state index contributed by atoms with van der Waals surface area (Å²) in [7, 11) is 0. The van der Waals surface area contributed by atoms with Gasteiger partial charge in [-0.25, -0.2) is 4.98 Å². The number of amides is 1. The first kappa shape index (κ1) is 19.6. The molecule has 0 spiro atoms. The summed E-state index contributed by atoms with van der Waals surface area (Å²) >= 11 is 0. The van der Waals surface area contributed by atoms with Gasteiger partial charge in [-0.05, 0) is 36.2 Å². The van der Waals surface area contributed by atoms with Crippen LogP contribution in [0.4, 0.5) is 13.2 Å². The lowest BCUT2D eigenvalue weighted by molar-refractivity contribution is -0.137. The Balaban J connectivity index is 1.48. The van der Waals surface area contributed by atoms with Crippen molar-refractivity contribution in [2.24, 2.45) is 0 Å². The van der Waals surface area contributed by atoms with Gasteiger partial charge in [0.2, 0.25) is 5.91 Å². The number of fused-ring (bicyclic) bond motifs is 1. The molecular formula is C20H18F3N3O2. The molecule has 2 aromatic carbocycles. The number of aromatic nitrogens is 2. The van der Waals surface area contributed by atoms with Crippen molar-refractivity contribution in [1.82, 2.24) is 15.3 Å². The molecule has 5 nitrogen and oxygen atoms in total. The number of rotatable bonds is 6. The van der Waals surface area contributed by atoms with E-state index in [-0.39, 0.29) is 24.3 Å². The predicted octanol–water partition coefficient (Wildman–Crippen LogP) is 3.23. The molecule has 0 saturated carbocycles. The number of carbonyl (C=O) groups excluding carboxylic acids is 1. The molecule has 0 saturated heterocycles. The first-order valence-corrected chi connectivity index (χ1v) is 8.74. The molecule has 0 radical (unpaired) electrons. The summed E-state index contributed by atoms with van der Waals surface area (Å²) in [6.07, 6.45) is -3.50. The third-order valence-electron chi connectivity index (χ3n) is 4.27. The zero-order chi connectivity index (χ0) is 20.1. The van der Waals surface area contributed by atoms with Gasteiger partial charge in [-0.1, -0.05) is 24.3 Å². The Morgan fingerprint density at radius 2 is 1.75 bits per heavy atom. The van der Waals surface area contributed by atoms with E-state index in [1.807, 2.05) is 0 Å². The summed E-state index contributed by atoms with van der Waals surface area (Å²) in [5.41, 5.74) is 0.332. The number of nitrogens with one attached hydrogen (secondary N) is 2. The van der Waals surface area contributed by atoms with E-state index in [9.17, 15) is 22.8 Å². The molecule has 1 aromatic heterocycles. The number of hydrogen-bond donors (Lipinski definition) is 2. The zero-order valence-electron chi connectivity index (χ0n) is 14.8. The average Bonchev–Trinajstić information content (AvgIpc) is 2.66. The van der Waals surface area contributed by atoms with Crippen LogP contribution in [0.1, 0.15) is 23.4 Å². The van der Waals surface area contributed by atoms with Crippen molar-refractivity contribution in [3.8, 4) is 0 Å². The number of hydrogen-bond acceptors (Lipinski definition) is 3. The number of carbonyl (C=O) groups is 1. The lowest BCUT2D eigenvalue weighted by Crippen LogP contribution is -2.26. The molecule has 0 bridgehead atoms. The highest BCUT2D eigenvalue weighted by atomic mass is 19.4. The molecular weight excluding hydrogens is 371 g/mol. The van der Waals surface area contributed by atoms with Crippen LogP contribution >= 0.6 is 0 Å². The van der Waals surface area contributed by atoms with E-state index in [0.29, 0.717) is 35.3 Å². The Bertz CT molecular complexity index is 1030. The molecule has 146 valence electrons. The zero-order valence-corrected chi connectivity index (χ0v) is 14.8. The van der Waals surface area contributed by atoms with Crippen molar-refractivity contribution in [2.45, 2.75) is 25.4 Å². The Morgan fingerprint density at radius 1 is 1.04 bits per heavy atom. The minimum Gasteiger partial charge on any atom is -0.356 e. The van der Waals surface area contributed by atoms with E-state index in [1.54, 1.807) is 24.3 Å². The largest absolute Gasteiger partial charge is 0.416 e. The van der Waals surface area contributed by atoms with E-state index in [2.05, 4.69) is 15.3 Å². The Morgan fingerprint density at radius 3 is 2.46 bits per heavy atom. The highest BCUT2D eigenvalue weighted by Crippen LogP contribution is 2.29. The molecule has 3 aromatic rings. The molecule has 0 aliphatic heterocycles. The van der Waals surface area contributed by atoms with Gasteiger partial charge < -0.3 is 10.3 Å². The maximum Gasteiger partial charge on any atom is 0.416 e. The van der Waals surface area contributed by atoms with Crippen molar-refractivity contribution >= 4 is 16.8 Å². The number of alkyl halides is 3. The normalized spacial score (nSPS) is 11.5. The molecule has 8 heteroatoms. The van der Waals surface area contributed by atoms with E-state index < -0.39 is 11.7 Å². The van der Waals surface area contributed by atoms with Gasteiger partial charge in [0.05, 0.1) is 16.5 Å². The van der Waals surface area contributed by atoms with Crippen LogP contribution in [0.3, 0.4) is 0 Å². The molecule has 28 heavy (non-hydrogen) atoms. The van der Waals surface area contributed by atoms with Crippen LogP contribution < -0.4 is 10.9 Å². The number of aryl methyl sites for hydroxylation is 1. The van der Waals surface area contributed by atoms with Gasteiger partial charge in [-0.15, -0.1) is 0 Å². The lowest BCUT2D eigenvalue weighted by Gasteiger charge is -2.08. The second-order valence-electron chi connectivity index (χ2n) is 6.32. The fraction of sp³-hybridized carbons (Fsp3) is 0.250. The third kappa shape index (κ3) is 4.97. The summed E-state index contributed by atoms with van der Waals surface area (Å²) in [6, 6.07) is 11.8. The first-order chi connectivity index (χ1) is 13.3. The average molecular weight is 389 g/mol. The van der Waals surface area contributed by atoms with Crippen molar-refractivity contribution in [3.63, 3.8) is 0 Å². The minimum atomic E-state index is -4.36. The maximum absolute atomic E-state index is 12.5. The number of halogens is 3. The SMILES string of the molecule is O=C(CCc1nc2ccccc2c(=O)[nH]1)NCCc1ccc(C(F)(F)F)cc1. The molecule has 0 aliphatic rings. The monoisotopic (exact) mass is 389 g/mol. The van der Waals surface area contributed by atoms with Crippen LogP contribution in [0, 0.1) is 0 Å². The summed E-state index contributed by atoms with van der Waals surface area (Å²) < 4.78 is 37.6. The number of H-pyrrole nitrogens is 1. The molecule has 1 amide bonds. The predicted molar refractivity (Wildman–Crippen MR) is 98.8 cm³/mol. The Kier molecular flexibility index (Phi) is 5.77. The smallest absolute Gasteiger partial charge is 0.356 e. The van der Waals surface area contributed by atoms with E-state index in [4.69, 9.17) is 0 Å². The van der Waals surface area contributed by atoms with Gasteiger partial charge in [-0.3, -0.25) is 9.59 Å². The van der Waals surface area contributed by atoms with Gasteiger partial charge >= 0.3 is 6.18 Å². The van der Waals surface area contributed by atoms with E-state index in [1.165, 1.54) is 12.1 Å². The highest BCUT2D eigenvalue weighted by molar-refractivity contribution is 5.78. The van der Waals surface area contributed by atoms with E-state index in [0.717, 1.165) is 12.1 Å². The molecule has 0 atom stereocenters. The summed E-state index contributed by atoms with van der Waals surface area (Å²) in [5, 5.41) is 3.21. The Hall–Kier alpha value is -3.16. The number of para-hydroxylation sites is 1. The molecule has 0 unspecified atom stereocenters. The van der Waals surface area contributed by atoms with Crippen LogP contribution in [0.2, 0.25) is 0 Å². The van der Waals surface area contributed by atoms with Crippen molar-refractivity contribution < 1.29 is 18.0 Å². The fourth-order valence-corrected chi connectivity index (χ4v) is 2.78. The first-order valence-electron chi connectivity index (χ1n) is 8.74. The van der Waals surface area contributed by atoms with Crippen LogP contribution in [0.5, 0.6) is 0 Å². The number of aromatic amines is 1. The van der Waals surface area contributed by atoms with Gasteiger partial charge in [0.25, 0.3) is 5.56 Å². The van der Waals surface area contributed by atoms with Crippen LogP contribution in [-0.4, -0.2) is 22.4 Å². The summed E-state index contributed by atoms with van der Waals surface area (Å²) in [4.78, 5) is 31.0. The Labute approximate surface area is 158 Å². The standard InChI is InChI=1S/C20H18F3N3O2/c21-20(22,23)14-7-5-13(6-8-14)11-12-24-18(27)10-9-17-25-16-4-2-1-3-15(16)19(28)26-17/h1-8H,9-12H2,(H,24,27)(H,25,26,28). The second-order valence-corrected chi connectivity index (χ2v) is 6.32. The fourth-order valence-electron chi connectivity index (χ4n) is 2.78. The topological polar surface area (TPSA) is 74.8 Å². The summed E-state index contributed by atoms with van der Waals surface area (Å²) in [6.45, 7) is 0.311.